The molecule has 1 aliphatic heterocycles. The molecule has 7 aromatic rings. The van der Waals surface area contributed by atoms with Gasteiger partial charge in [-0.05, 0) is 70.0 Å². The third kappa shape index (κ3) is 4.58. The van der Waals surface area contributed by atoms with Crippen LogP contribution in [0, 0.1) is 5.92 Å². The molecule has 3 aliphatic rings. The van der Waals surface area contributed by atoms with Crippen molar-refractivity contribution >= 4 is 5.57 Å². The Morgan fingerprint density at radius 3 is 1.84 bits per heavy atom. The predicted octanol–water partition coefficient (Wildman–Crippen LogP) is 11.9. The maximum absolute atomic E-state index is 6.70. The van der Waals surface area contributed by atoms with Gasteiger partial charge in [0, 0.05) is 27.8 Å². The van der Waals surface area contributed by atoms with Crippen molar-refractivity contribution in [1.82, 2.24) is 9.97 Å². The Morgan fingerprint density at radius 1 is 0.529 bits per heavy atom. The number of nitrogens with zero attached hydrogens (tertiary/aromatic N) is 2. The first-order valence-corrected chi connectivity index (χ1v) is 17.7. The average Bonchev–Trinajstić information content (AvgIpc) is 3.50. The zero-order chi connectivity index (χ0) is 33.9. The first kappa shape index (κ1) is 29.6. The normalized spacial score (nSPS) is 18.1. The number of benzene rings is 6. The van der Waals surface area contributed by atoms with Gasteiger partial charge in [0.05, 0.1) is 16.8 Å². The van der Waals surface area contributed by atoms with Gasteiger partial charge in [-0.3, -0.25) is 0 Å². The van der Waals surface area contributed by atoms with Crippen molar-refractivity contribution in [3.63, 3.8) is 0 Å². The molecule has 0 bridgehead atoms. The standard InChI is InChI=1S/C48H34N2O/c1-31-13-12-19-38-37-18-8-9-20-39(37)48(46(31)38)40-21-10-11-22-44(40)51-45-28-27-36(29-41(45)48)32-23-25-35(26-24-32)47-49-42(33-14-4-2-5-15-33)30-43(50-47)34-16-6-3-7-17-34/h2-12,14-31H,13H2,1H3. The van der Waals surface area contributed by atoms with E-state index in [2.05, 4.69) is 140 Å². The molecule has 0 N–H and O–H groups in total. The zero-order valence-electron chi connectivity index (χ0n) is 28.3. The van der Waals surface area contributed by atoms with Gasteiger partial charge >= 0.3 is 0 Å². The topological polar surface area (TPSA) is 35.0 Å². The Morgan fingerprint density at radius 2 is 1.12 bits per heavy atom. The second kappa shape index (κ2) is 11.6. The number of rotatable bonds is 4. The second-order valence-corrected chi connectivity index (χ2v) is 13.7. The Hall–Kier alpha value is -6.32. The molecular formula is C48H34N2O. The highest BCUT2D eigenvalue weighted by Crippen LogP contribution is 2.64. The largest absolute Gasteiger partial charge is 0.457 e. The number of aromatic nitrogens is 2. The highest BCUT2D eigenvalue weighted by Gasteiger charge is 2.53. The smallest absolute Gasteiger partial charge is 0.160 e. The molecule has 2 unspecified atom stereocenters. The second-order valence-electron chi connectivity index (χ2n) is 13.7. The summed E-state index contributed by atoms with van der Waals surface area (Å²) in [7, 11) is 0. The van der Waals surface area contributed by atoms with Crippen LogP contribution in [0.15, 0.2) is 175 Å². The molecule has 2 heterocycles. The average molecular weight is 655 g/mol. The molecule has 10 rings (SSSR count). The van der Waals surface area contributed by atoms with E-state index in [0.717, 1.165) is 57.1 Å². The Kier molecular flexibility index (Phi) is 6.75. The molecule has 3 heteroatoms. The summed E-state index contributed by atoms with van der Waals surface area (Å²) in [5.74, 6) is 2.93. The van der Waals surface area contributed by atoms with Crippen LogP contribution in [0.5, 0.6) is 11.5 Å². The molecular weight excluding hydrogens is 621 g/mol. The van der Waals surface area contributed by atoms with Gasteiger partial charge in [-0.25, -0.2) is 9.97 Å². The summed E-state index contributed by atoms with van der Waals surface area (Å²) in [5, 5.41) is 0. The van der Waals surface area contributed by atoms with Crippen molar-refractivity contribution in [2.45, 2.75) is 18.8 Å². The van der Waals surface area contributed by atoms with Gasteiger partial charge in [0.1, 0.15) is 11.5 Å². The summed E-state index contributed by atoms with van der Waals surface area (Å²) >= 11 is 0. The highest BCUT2D eigenvalue weighted by atomic mass is 16.5. The van der Waals surface area contributed by atoms with E-state index in [9.17, 15) is 0 Å². The lowest BCUT2D eigenvalue weighted by Gasteiger charge is -2.43. The third-order valence-corrected chi connectivity index (χ3v) is 10.8. The van der Waals surface area contributed by atoms with Gasteiger partial charge in [-0.1, -0.05) is 153 Å². The monoisotopic (exact) mass is 654 g/mol. The fraction of sp³-hybridized carbons (Fsp3) is 0.0833. The van der Waals surface area contributed by atoms with Crippen LogP contribution in [-0.4, -0.2) is 9.97 Å². The fourth-order valence-corrected chi connectivity index (χ4v) is 8.56. The molecule has 3 nitrogen and oxygen atoms in total. The molecule has 0 fully saturated rings. The van der Waals surface area contributed by atoms with Gasteiger partial charge in [-0.15, -0.1) is 0 Å². The summed E-state index contributed by atoms with van der Waals surface area (Å²) in [6.07, 6.45) is 5.71. The van der Waals surface area contributed by atoms with Gasteiger partial charge in [0.25, 0.3) is 0 Å². The van der Waals surface area contributed by atoms with Crippen molar-refractivity contribution in [3.8, 4) is 56.5 Å². The molecule has 2 aliphatic carbocycles. The summed E-state index contributed by atoms with van der Waals surface area (Å²) in [6, 6.07) is 55.7. The van der Waals surface area contributed by atoms with Crippen LogP contribution in [0.2, 0.25) is 0 Å². The molecule has 0 radical (unpaired) electrons. The van der Waals surface area contributed by atoms with E-state index in [1.807, 2.05) is 36.4 Å². The Labute approximate surface area is 298 Å². The summed E-state index contributed by atoms with van der Waals surface area (Å²) in [4.78, 5) is 10.1. The predicted molar refractivity (Wildman–Crippen MR) is 206 cm³/mol. The lowest BCUT2D eigenvalue weighted by molar-refractivity contribution is 0.424. The van der Waals surface area contributed by atoms with Crippen LogP contribution in [-0.2, 0) is 5.41 Å². The van der Waals surface area contributed by atoms with Gasteiger partial charge in [0.2, 0.25) is 0 Å². The fourth-order valence-electron chi connectivity index (χ4n) is 8.56. The lowest BCUT2D eigenvalue weighted by Crippen LogP contribution is -2.35. The Bertz CT molecular complexity index is 2470. The molecule has 1 aromatic heterocycles. The first-order chi connectivity index (χ1) is 25.2. The molecule has 0 saturated heterocycles. The number of allylic oxidation sites excluding steroid dienone is 4. The maximum atomic E-state index is 6.70. The number of fused-ring (bicyclic) bond motifs is 8. The van der Waals surface area contributed by atoms with Crippen LogP contribution in [0.1, 0.15) is 35.6 Å². The third-order valence-electron chi connectivity index (χ3n) is 10.8. The summed E-state index contributed by atoms with van der Waals surface area (Å²) < 4.78 is 6.70. The minimum Gasteiger partial charge on any atom is -0.457 e. The van der Waals surface area contributed by atoms with E-state index in [1.54, 1.807) is 0 Å². The molecule has 6 aromatic carbocycles. The molecule has 242 valence electrons. The number of hydrogen-bond acceptors (Lipinski definition) is 3. The SMILES string of the molecule is CC1CC=CC2=C1C1(c3ccccc3Oc3ccc(-c4ccc(-c5nc(-c6ccccc6)cc(-c6ccccc6)n5)cc4)cc31)c1ccccc12. The summed E-state index contributed by atoms with van der Waals surface area (Å²) in [6.45, 7) is 2.38. The zero-order valence-corrected chi connectivity index (χ0v) is 28.3. The number of para-hydroxylation sites is 1. The summed E-state index contributed by atoms with van der Waals surface area (Å²) in [5.41, 5.74) is 14.7. The van der Waals surface area contributed by atoms with Gasteiger partial charge in [-0.2, -0.15) is 0 Å². The molecule has 0 amide bonds. The van der Waals surface area contributed by atoms with Crippen molar-refractivity contribution in [3.05, 3.63) is 198 Å². The van der Waals surface area contributed by atoms with E-state index in [4.69, 9.17) is 14.7 Å². The van der Waals surface area contributed by atoms with Crippen molar-refractivity contribution in [2.75, 3.05) is 0 Å². The van der Waals surface area contributed by atoms with E-state index >= 15 is 0 Å². The lowest BCUT2D eigenvalue weighted by atomic mass is 9.61. The van der Waals surface area contributed by atoms with Crippen molar-refractivity contribution in [2.24, 2.45) is 5.92 Å². The molecule has 2 atom stereocenters. The van der Waals surface area contributed by atoms with Gasteiger partial charge in [0.15, 0.2) is 5.82 Å². The van der Waals surface area contributed by atoms with E-state index in [1.165, 1.54) is 33.4 Å². The van der Waals surface area contributed by atoms with Gasteiger partial charge < -0.3 is 4.74 Å². The van der Waals surface area contributed by atoms with E-state index in [-0.39, 0.29) is 0 Å². The molecule has 1 spiro atoms. The highest BCUT2D eigenvalue weighted by molar-refractivity contribution is 5.93. The first-order valence-electron chi connectivity index (χ1n) is 17.7. The van der Waals surface area contributed by atoms with Crippen LogP contribution in [0.4, 0.5) is 0 Å². The number of hydrogen-bond donors (Lipinski definition) is 0. The number of ether oxygens (including phenoxy) is 1. The molecule has 51 heavy (non-hydrogen) atoms. The quantitative estimate of drug-likeness (QED) is 0.189. The van der Waals surface area contributed by atoms with Crippen LogP contribution in [0.3, 0.4) is 0 Å². The van der Waals surface area contributed by atoms with Crippen LogP contribution < -0.4 is 4.74 Å². The van der Waals surface area contributed by atoms with E-state index in [0.29, 0.717) is 11.7 Å². The van der Waals surface area contributed by atoms with Crippen LogP contribution >= 0.6 is 0 Å². The van der Waals surface area contributed by atoms with Crippen molar-refractivity contribution in [1.29, 1.82) is 0 Å². The van der Waals surface area contributed by atoms with Crippen LogP contribution in [0.25, 0.3) is 50.6 Å². The maximum Gasteiger partial charge on any atom is 0.160 e. The minimum absolute atomic E-state index is 0.381. The van der Waals surface area contributed by atoms with E-state index < -0.39 is 5.41 Å². The molecule has 0 saturated carbocycles. The van der Waals surface area contributed by atoms with Crippen molar-refractivity contribution < 1.29 is 4.74 Å². The minimum atomic E-state index is -0.435. The Balaban J connectivity index is 1.11.